The van der Waals surface area contributed by atoms with Crippen molar-refractivity contribution in [2.45, 2.75) is 25.3 Å². The summed E-state index contributed by atoms with van der Waals surface area (Å²) in [6.07, 6.45) is 5.23. The Hall–Kier alpha value is -1.87. The molecule has 104 valence electrons. The van der Waals surface area contributed by atoms with Crippen LogP contribution < -0.4 is 10.6 Å². The van der Waals surface area contributed by atoms with Gasteiger partial charge in [0.05, 0.1) is 0 Å². The van der Waals surface area contributed by atoms with Crippen molar-refractivity contribution in [2.75, 3.05) is 18.4 Å². The summed E-state index contributed by atoms with van der Waals surface area (Å²) in [5.41, 5.74) is 3.83. The van der Waals surface area contributed by atoms with E-state index < -0.39 is 0 Å². The van der Waals surface area contributed by atoms with Gasteiger partial charge in [-0.1, -0.05) is 24.3 Å². The summed E-state index contributed by atoms with van der Waals surface area (Å²) in [5.74, 6) is 0. The second-order valence-corrected chi connectivity index (χ2v) is 5.23. The highest BCUT2D eigenvalue weighted by atomic mass is 14.9. The quantitative estimate of drug-likeness (QED) is 0.893. The van der Waals surface area contributed by atoms with E-state index in [1.54, 1.807) is 0 Å². The molecule has 2 heterocycles. The minimum absolute atomic E-state index is 0.449. The lowest BCUT2D eigenvalue weighted by Crippen LogP contribution is -2.23. The molecule has 1 aromatic heterocycles. The van der Waals surface area contributed by atoms with Crippen molar-refractivity contribution in [3.05, 3.63) is 59.9 Å². The van der Waals surface area contributed by atoms with Gasteiger partial charge < -0.3 is 10.6 Å². The first-order valence-electron chi connectivity index (χ1n) is 7.39. The number of aromatic nitrogens is 1. The average Bonchev–Trinajstić information content (AvgIpc) is 2.71. The zero-order chi connectivity index (χ0) is 13.6. The van der Waals surface area contributed by atoms with Gasteiger partial charge in [-0.3, -0.25) is 4.98 Å². The highest BCUT2D eigenvalue weighted by Crippen LogP contribution is 2.28. The first-order chi connectivity index (χ1) is 9.93. The van der Waals surface area contributed by atoms with Gasteiger partial charge in [-0.2, -0.15) is 0 Å². The number of benzene rings is 1. The lowest BCUT2D eigenvalue weighted by atomic mass is 10.0. The van der Waals surface area contributed by atoms with E-state index in [-0.39, 0.29) is 0 Å². The number of nitrogens with one attached hydrogen (secondary N) is 2. The first kappa shape index (κ1) is 13.1. The second-order valence-electron chi connectivity index (χ2n) is 5.23. The maximum atomic E-state index is 4.37. The first-order valence-corrected chi connectivity index (χ1v) is 7.39. The molecule has 3 nitrogen and oxygen atoms in total. The van der Waals surface area contributed by atoms with Gasteiger partial charge in [0.2, 0.25) is 0 Å². The van der Waals surface area contributed by atoms with E-state index in [4.69, 9.17) is 0 Å². The highest BCUT2D eigenvalue weighted by Gasteiger charge is 2.17. The molecule has 2 aromatic rings. The third-order valence-corrected chi connectivity index (χ3v) is 3.82. The minimum Gasteiger partial charge on any atom is -0.385 e. The van der Waals surface area contributed by atoms with Gasteiger partial charge in [0.15, 0.2) is 0 Å². The van der Waals surface area contributed by atoms with E-state index in [2.05, 4.69) is 45.9 Å². The fourth-order valence-corrected chi connectivity index (χ4v) is 2.78. The van der Waals surface area contributed by atoms with Gasteiger partial charge in [0.25, 0.3) is 0 Å². The van der Waals surface area contributed by atoms with Crippen LogP contribution in [0, 0.1) is 0 Å². The van der Waals surface area contributed by atoms with E-state index in [9.17, 15) is 0 Å². The third kappa shape index (κ3) is 3.17. The lowest BCUT2D eigenvalue weighted by molar-refractivity contribution is 0.500. The van der Waals surface area contributed by atoms with Crippen LogP contribution in [0.3, 0.4) is 0 Å². The summed E-state index contributed by atoms with van der Waals surface area (Å²) in [6.45, 7) is 2.03. The maximum Gasteiger partial charge on any atom is 0.0416 e. The van der Waals surface area contributed by atoms with Crippen molar-refractivity contribution < 1.29 is 0 Å². The summed E-state index contributed by atoms with van der Waals surface area (Å²) in [6, 6.07) is 15.2. The van der Waals surface area contributed by atoms with Crippen LogP contribution in [0.25, 0.3) is 0 Å². The van der Waals surface area contributed by atoms with Crippen LogP contribution in [-0.4, -0.2) is 18.1 Å². The van der Waals surface area contributed by atoms with Gasteiger partial charge in [-0.15, -0.1) is 0 Å². The number of rotatable bonds is 4. The van der Waals surface area contributed by atoms with Gasteiger partial charge in [0.1, 0.15) is 0 Å². The topological polar surface area (TPSA) is 37.0 Å². The molecule has 0 aliphatic carbocycles. The summed E-state index contributed by atoms with van der Waals surface area (Å²) < 4.78 is 0. The van der Waals surface area contributed by atoms with Gasteiger partial charge in [-0.25, -0.2) is 0 Å². The molecular weight excluding hydrogens is 246 g/mol. The van der Waals surface area contributed by atoms with Crippen LogP contribution >= 0.6 is 0 Å². The Morgan fingerprint density at radius 3 is 2.95 bits per heavy atom. The standard InChI is InChI=1S/C17H21N3/c1-2-8-16-15(7-1)17(9-5-12-19-16)20-13-10-14-6-3-4-11-18-14/h1-4,6-8,11,17,19-20H,5,9-10,12-13H2/t17-/m1/s1. The van der Waals surface area contributed by atoms with Gasteiger partial charge in [0, 0.05) is 43.1 Å². The summed E-state index contributed by atoms with van der Waals surface area (Å²) in [5, 5.41) is 7.20. The molecule has 3 heteroatoms. The van der Waals surface area contributed by atoms with Crippen LogP contribution in [0.2, 0.25) is 0 Å². The Labute approximate surface area is 120 Å². The predicted octanol–water partition coefficient (Wildman–Crippen LogP) is 3.16. The molecular formula is C17H21N3. The molecule has 0 bridgehead atoms. The van der Waals surface area contributed by atoms with Crippen LogP contribution in [-0.2, 0) is 6.42 Å². The molecule has 0 radical (unpaired) electrons. The smallest absolute Gasteiger partial charge is 0.0416 e. The van der Waals surface area contributed by atoms with Crippen molar-refractivity contribution in [3.63, 3.8) is 0 Å². The molecule has 0 amide bonds. The second kappa shape index (κ2) is 6.53. The maximum absolute atomic E-state index is 4.37. The van der Waals surface area contributed by atoms with Gasteiger partial charge >= 0.3 is 0 Å². The Kier molecular flexibility index (Phi) is 4.28. The van der Waals surface area contributed by atoms with Crippen molar-refractivity contribution in [3.8, 4) is 0 Å². The monoisotopic (exact) mass is 267 g/mol. The molecule has 3 rings (SSSR count). The molecule has 0 saturated carbocycles. The molecule has 20 heavy (non-hydrogen) atoms. The van der Waals surface area contributed by atoms with E-state index in [0.29, 0.717) is 6.04 Å². The Bertz CT molecular complexity index is 539. The number of para-hydroxylation sites is 1. The highest BCUT2D eigenvalue weighted by molar-refractivity contribution is 5.53. The molecule has 1 aliphatic heterocycles. The fraction of sp³-hybridized carbons (Fsp3) is 0.353. The number of anilines is 1. The van der Waals surface area contributed by atoms with Crippen LogP contribution in [0.5, 0.6) is 0 Å². The molecule has 0 saturated heterocycles. The predicted molar refractivity (Wildman–Crippen MR) is 82.9 cm³/mol. The summed E-state index contributed by atoms with van der Waals surface area (Å²) in [4.78, 5) is 4.37. The summed E-state index contributed by atoms with van der Waals surface area (Å²) >= 11 is 0. The average molecular weight is 267 g/mol. The molecule has 0 spiro atoms. The van der Waals surface area contributed by atoms with Crippen molar-refractivity contribution in [1.29, 1.82) is 0 Å². The SMILES string of the molecule is c1ccc(CCN[C@@H]2CCCNc3ccccc32)nc1. The van der Waals surface area contributed by atoms with E-state index in [1.807, 2.05) is 18.3 Å². The third-order valence-electron chi connectivity index (χ3n) is 3.82. The van der Waals surface area contributed by atoms with Crippen LogP contribution in [0.1, 0.15) is 30.1 Å². The summed E-state index contributed by atoms with van der Waals surface area (Å²) in [7, 11) is 0. The number of nitrogens with zero attached hydrogens (tertiary/aromatic N) is 1. The minimum atomic E-state index is 0.449. The van der Waals surface area contributed by atoms with Crippen molar-refractivity contribution >= 4 is 5.69 Å². The van der Waals surface area contributed by atoms with E-state index >= 15 is 0 Å². The fourth-order valence-electron chi connectivity index (χ4n) is 2.78. The largest absolute Gasteiger partial charge is 0.385 e. The van der Waals surface area contributed by atoms with Crippen molar-refractivity contribution in [2.24, 2.45) is 0 Å². The molecule has 1 aliphatic rings. The molecule has 1 aromatic carbocycles. The Balaban J connectivity index is 1.62. The molecule has 0 unspecified atom stereocenters. The Morgan fingerprint density at radius 1 is 1.15 bits per heavy atom. The lowest BCUT2D eigenvalue weighted by Gasteiger charge is -2.19. The number of fused-ring (bicyclic) bond motifs is 1. The van der Waals surface area contributed by atoms with Crippen LogP contribution in [0.15, 0.2) is 48.7 Å². The van der Waals surface area contributed by atoms with E-state index in [1.165, 1.54) is 24.1 Å². The number of hydrogen-bond acceptors (Lipinski definition) is 3. The van der Waals surface area contributed by atoms with Crippen LogP contribution in [0.4, 0.5) is 5.69 Å². The molecule has 2 N–H and O–H groups in total. The van der Waals surface area contributed by atoms with E-state index in [0.717, 1.165) is 25.2 Å². The zero-order valence-corrected chi connectivity index (χ0v) is 11.7. The molecule has 0 fully saturated rings. The molecule has 1 atom stereocenters. The normalized spacial score (nSPS) is 17.9. The zero-order valence-electron chi connectivity index (χ0n) is 11.7. The number of hydrogen-bond donors (Lipinski definition) is 2. The van der Waals surface area contributed by atoms with Gasteiger partial charge in [-0.05, 0) is 36.6 Å². The Morgan fingerprint density at radius 2 is 2.05 bits per heavy atom. The van der Waals surface area contributed by atoms with Crippen molar-refractivity contribution in [1.82, 2.24) is 10.3 Å². The number of pyridine rings is 1.